The van der Waals surface area contributed by atoms with Gasteiger partial charge in [0.2, 0.25) is 0 Å². The van der Waals surface area contributed by atoms with Crippen LogP contribution < -0.4 is 5.32 Å². The van der Waals surface area contributed by atoms with Crippen molar-refractivity contribution in [3.05, 3.63) is 35.3 Å². The van der Waals surface area contributed by atoms with Gasteiger partial charge in [0.15, 0.2) is 5.82 Å². The summed E-state index contributed by atoms with van der Waals surface area (Å²) in [6.07, 6.45) is 5.54. The van der Waals surface area contributed by atoms with E-state index in [0.29, 0.717) is 0 Å². The van der Waals surface area contributed by atoms with Crippen LogP contribution in [-0.2, 0) is 12.8 Å². The number of aryl methyl sites for hydroxylation is 2. The summed E-state index contributed by atoms with van der Waals surface area (Å²) in [5.74, 6) is 1.73. The number of hydrogen-bond donors (Lipinski definition) is 1. The average Bonchev–Trinajstić information content (AvgIpc) is 2.49. The van der Waals surface area contributed by atoms with Gasteiger partial charge in [-0.25, -0.2) is 9.97 Å². The normalized spacial score (nSPS) is 10.6. The molecule has 2 aromatic rings. The molecule has 0 saturated heterocycles. The molecule has 0 spiro atoms. The van der Waals surface area contributed by atoms with Gasteiger partial charge in [0.05, 0.1) is 0 Å². The molecule has 0 unspecified atom stereocenters. The Balaban J connectivity index is 2.59. The van der Waals surface area contributed by atoms with Gasteiger partial charge in [0, 0.05) is 35.8 Å². The lowest BCUT2D eigenvalue weighted by atomic mass is 10.1. The minimum absolute atomic E-state index is 0.794. The lowest BCUT2D eigenvalue weighted by Gasteiger charge is -2.13. The topological polar surface area (TPSA) is 50.7 Å². The molecule has 0 fully saturated rings. The van der Waals surface area contributed by atoms with E-state index >= 15 is 0 Å². The van der Waals surface area contributed by atoms with Gasteiger partial charge in [-0.1, -0.05) is 13.8 Å². The molecule has 0 bridgehead atoms. The molecule has 4 heteroatoms. The number of nitrogens with zero attached hydrogens (tertiary/aromatic N) is 3. The van der Waals surface area contributed by atoms with Crippen molar-refractivity contribution in [3.8, 4) is 11.4 Å². The molecular weight excluding hydrogens is 248 g/mol. The van der Waals surface area contributed by atoms with Gasteiger partial charge >= 0.3 is 0 Å². The van der Waals surface area contributed by atoms with E-state index in [1.54, 1.807) is 6.20 Å². The molecule has 1 N–H and O–H groups in total. The van der Waals surface area contributed by atoms with Crippen LogP contribution in [0.2, 0.25) is 0 Å². The summed E-state index contributed by atoms with van der Waals surface area (Å²) in [5, 5.41) is 3.33. The van der Waals surface area contributed by atoms with Crippen molar-refractivity contribution < 1.29 is 0 Å². The van der Waals surface area contributed by atoms with Crippen LogP contribution in [0.15, 0.2) is 18.5 Å². The van der Waals surface area contributed by atoms with Gasteiger partial charge in [-0.05, 0) is 38.3 Å². The highest BCUT2D eigenvalue weighted by Gasteiger charge is 2.12. The van der Waals surface area contributed by atoms with Crippen molar-refractivity contribution in [3.63, 3.8) is 0 Å². The lowest BCUT2D eigenvalue weighted by Crippen LogP contribution is -2.08. The Bertz CT molecular complexity index is 593. The molecule has 0 saturated carbocycles. The number of anilines is 1. The third-order valence-electron chi connectivity index (χ3n) is 3.45. The second kappa shape index (κ2) is 6.46. The predicted molar refractivity (Wildman–Crippen MR) is 82.9 cm³/mol. The molecule has 0 aromatic carbocycles. The summed E-state index contributed by atoms with van der Waals surface area (Å²) in [6, 6.07) is 2.00. The van der Waals surface area contributed by atoms with Crippen molar-refractivity contribution in [2.75, 3.05) is 11.9 Å². The first kappa shape index (κ1) is 14.4. The quantitative estimate of drug-likeness (QED) is 0.904. The minimum Gasteiger partial charge on any atom is -0.370 e. The summed E-state index contributed by atoms with van der Waals surface area (Å²) in [5.41, 5.74) is 4.51. The zero-order valence-corrected chi connectivity index (χ0v) is 12.7. The highest BCUT2D eigenvalue weighted by Crippen LogP contribution is 2.24. The molecule has 2 rings (SSSR count). The van der Waals surface area contributed by atoms with E-state index < -0.39 is 0 Å². The number of rotatable bonds is 5. The van der Waals surface area contributed by atoms with Crippen LogP contribution in [0.5, 0.6) is 0 Å². The number of hydrogen-bond acceptors (Lipinski definition) is 4. The van der Waals surface area contributed by atoms with Gasteiger partial charge < -0.3 is 5.32 Å². The predicted octanol–water partition coefficient (Wildman–Crippen LogP) is 3.40. The molecular formula is C16H22N4. The first-order valence-electron chi connectivity index (χ1n) is 7.25. The molecule has 2 aromatic heterocycles. The first-order chi connectivity index (χ1) is 9.71. The second-order valence-electron chi connectivity index (χ2n) is 4.74. The highest BCUT2D eigenvalue weighted by molar-refractivity contribution is 5.62. The largest absolute Gasteiger partial charge is 0.370 e. The van der Waals surface area contributed by atoms with E-state index in [1.165, 1.54) is 5.56 Å². The smallest absolute Gasteiger partial charge is 0.162 e. The minimum atomic E-state index is 0.794. The van der Waals surface area contributed by atoms with Crippen molar-refractivity contribution >= 4 is 5.82 Å². The molecule has 0 radical (unpaired) electrons. The SMILES string of the molecule is CCNc1nc(-c2ccncc2CC)nc(CC)c1C. The van der Waals surface area contributed by atoms with Crippen LogP contribution in [0.25, 0.3) is 11.4 Å². The molecule has 0 atom stereocenters. The van der Waals surface area contributed by atoms with Gasteiger partial charge in [0.25, 0.3) is 0 Å². The summed E-state index contributed by atoms with van der Waals surface area (Å²) >= 11 is 0. The van der Waals surface area contributed by atoms with Crippen LogP contribution in [0.3, 0.4) is 0 Å². The number of pyridine rings is 1. The van der Waals surface area contributed by atoms with Crippen LogP contribution in [-0.4, -0.2) is 21.5 Å². The van der Waals surface area contributed by atoms with Crippen molar-refractivity contribution in [2.24, 2.45) is 0 Å². The Kier molecular flexibility index (Phi) is 4.66. The molecule has 0 amide bonds. The zero-order valence-electron chi connectivity index (χ0n) is 12.7. The molecule has 4 nitrogen and oxygen atoms in total. The lowest BCUT2D eigenvalue weighted by molar-refractivity contribution is 0.965. The van der Waals surface area contributed by atoms with Crippen LogP contribution >= 0.6 is 0 Å². The van der Waals surface area contributed by atoms with Crippen molar-refractivity contribution in [1.29, 1.82) is 0 Å². The van der Waals surface area contributed by atoms with Crippen LogP contribution in [0.4, 0.5) is 5.82 Å². The third-order valence-corrected chi connectivity index (χ3v) is 3.45. The van der Waals surface area contributed by atoms with Crippen molar-refractivity contribution in [1.82, 2.24) is 15.0 Å². The Hall–Kier alpha value is -1.97. The molecule has 20 heavy (non-hydrogen) atoms. The monoisotopic (exact) mass is 270 g/mol. The average molecular weight is 270 g/mol. The first-order valence-corrected chi connectivity index (χ1v) is 7.25. The maximum Gasteiger partial charge on any atom is 0.162 e. The third kappa shape index (κ3) is 2.79. The second-order valence-corrected chi connectivity index (χ2v) is 4.74. The zero-order chi connectivity index (χ0) is 14.5. The molecule has 0 aliphatic heterocycles. The van der Waals surface area contributed by atoms with E-state index in [9.17, 15) is 0 Å². The van der Waals surface area contributed by atoms with E-state index in [4.69, 9.17) is 9.97 Å². The van der Waals surface area contributed by atoms with E-state index in [2.05, 4.69) is 38.0 Å². The van der Waals surface area contributed by atoms with E-state index in [0.717, 1.165) is 47.8 Å². The maximum absolute atomic E-state index is 4.73. The molecule has 0 aliphatic rings. The fraction of sp³-hybridized carbons (Fsp3) is 0.438. The number of nitrogens with one attached hydrogen (secondary N) is 1. The summed E-state index contributed by atoms with van der Waals surface area (Å²) in [7, 11) is 0. The van der Waals surface area contributed by atoms with Gasteiger partial charge in [-0.15, -0.1) is 0 Å². The fourth-order valence-electron chi connectivity index (χ4n) is 2.29. The molecule has 2 heterocycles. The van der Waals surface area contributed by atoms with Gasteiger partial charge in [0.1, 0.15) is 5.82 Å². The van der Waals surface area contributed by atoms with Gasteiger partial charge in [-0.2, -0.15) is 0 Å². The van der Waals surface area contributed by atoms with Crippen LogP contribution in [0, 0.1) is 6.92 Å². The molecule has 0 aliphatic carbocycles. The molecule has 106 valence electrons. The summed E-state index contributed by atoms with van der Waals surface area (Å²) in [6.45, 7) is 9.27. The van der Waals surface area contributed by atoms with E-state index in [1.807, 2.05) is 12.3 Å². The Morgan fingerprint density at radius 1 is 1.10 bits per heavy atom. The fourth-order valence-corrected chi connectivity index (χ4v) is 2.29. The Labute approximate surface area is 120 Å². The van der Waals surface area contributed by atoms with Gasteiger partial charge in [-0.3, -0.25) is 4.98 Å². The Morgan fingerprint density at radius 2 is 1.90 bits per heavy atom. The maximum atomic E-state index is 4.73. The van der Waals surface area contributed by atoms with Crippen molar-refractivity contribution in [2.45, 2.75) is 40.5 Å². The summed E-state index contributed by atoms with van der Waals surface area (Å²) < 4.78 is 0. The standard InChI is InChI=1S/C16H22N4/c1-5-12-10-17-9-8-13(12)16-19-14(6-2)11(4)15(20-16)18-7-3/h8-10H,5-7H2,1-4H3,(H,18,19,20). The summed E-state index contributed by atoms with van der Waals surface area (Å²) in [4.78, 5) is 13.6. The van der Waals surface area contributed by atoms with E-state index in [-0.39, 0.29) is 0 Å². The Morgan fingerprint density at radius 3 is 2.55 bits per heavy atom. The van der Waals surface area contributed by atoms with Crippen LogP contribution in [0.1, 0.15) is 37.6 Å². The number of aromatic nitrogens is 3. The highest BCUT2D eigenvalue weighted by atomic mass is 15.0.